The molecule has 0 saturated carbocycles. The largest absolute Gasteiger partial charge is 0.497 e. The van der Waals surface area contributed by atoms with E-state index < -0.39 is 0 Å². The topological polar surface area (TPSA) is 98.4 Å². The van der Waals surface area contributed by atoms with Gasteiger partial charge in [-0.05, 0) is 35.5 Å². The lowest BCUT2D eigenvalue weighted by atomic mass is 10.2. The van der Waals surface area contributed by atoms with Crippen LogP contribution < -0.4 is 10.5 Å². The van der Waals surface area contributed by atoms with Gasteiger partial charge in [0.2, 0.25) is 5.13 Å². The lowest BCUT2D eigenvalue weighted by Crippen LogP contribution is -2.30. The highest BCUT2D eigenvalue weighted by Crippen LogP contribution is 2.32. The van der Waals surface area contributed by atoms with Crippen molar-refractivity contribution in [1.82, 2.24) is 15.1 Å². The third kappa shape index (κ3) is 3.57. The number of hydrogen-bond donors (Lipinski definition) is 1. The summed E-state index contributed by atoms with van der Waals surface area (Å²) in [5.74, 6) is 0.440. The summed E-state index contributed by atoms with van der Waals surface area (Å²) in [7, 11) is 1.59. The van der Waals surface area contributed by atoms with Gasteiger partial charge in [0, 0.05) is 13.0 Å². The Morgan fingerprint density at radius 1 is 1.25 bits per heavy atom. The summed E-state index contributed by atoms with van der Waals surface area (Å²) in [6.45, 7) is 0.263. The minimum atomic E-state index is -0.293. The molecule has 7 nitrogen and oxygen atoms in total. The standard InChI is InChI=1S/C15H14N4O3S2/c1-22-10-4-2-9(3-5-10)8-11-13(20)19(15(21)23-11)7-6-12-17-18-14(16)24-12/h2-5,8H,6-7H2,1H3,(H2,16,18)/b11-8+. The van der Waals surface area contributed by atoms with Crippen LogP contribution in [-0.4, -0.2) is 39.9 Å². The van der Waals surface area contributed by atoms with Gasteiger partial charge in [-0.2, -0.15) is 0 Å². The monoisotopic (exact) mass is 362 g/mol. The molecule has 2 N–H and O–H groups in total. The van der Waals surface area contributed by atoms with Crippen LogP contribution in [0.3, 0.4) is 0 Å². The molecule has 0 unspecified atom stereocenters. The number of methoxy groups -OCH3 is 1. The van der Waals surface area contributed by atoms with Gasteiger partial charge < -0.3 is 10.5 Å². The van der Waals surface area contributed by atoms with Crippen molar-refractivity contribution in [1.29, 1.82) is 0 Å². The van der Waals surface area contributed by atoms with E-state index in [4.69, 9.17) is 10.5 Å². The van der Waals surface area contributed by atoms with Gasteiger partial charge in [0.15, 0.2) is 0 Å². The second kappa shape index (κ2) is 7.02. The first kappa shape index (κ1) is 16.5. The van der Waals surface area contributed by atoms with Gasteiger partial charge in [-0.3, -0.25) is 14.5 Å². The first-order valence-electron chi connectivity index (χ1n) is 7.04. The Hall–Kier alpha value is -2.39. The molecule has 1 aliphatic heterocycles. The first-order valence-corrected chi connectivity index (χ1v) is 8.67. The molecule has 124 valence electrons. The van der Waals surface area contributed by atoms with Crippen molar-refractivity contribution < 1.29 is 14.3 Å². The average Bonchev–Trinajstić information content (AvgIpc) is 3.10. The fraction of sp³-hybridized carbons (Fsp3) is 0.200. The Balaban J connectivity index is 1.69. The maximum Gasteiger partial charge on any atom is 0.293 e. The normalized spacial score (nSPS) is 16.2. The summed E-state index contributed by atoms with van der Waals surface area (Å²) in [6, 6.07) is 7.26. The first-order chi connectivity index (χ1) is 11.6. The smallest absolute Gasteiger partial charge is 0.293 e. The number of carbonyl (C=O) groups excluding carboxylic acids is 2. The molecular weight excluding hydrogens is 348 g/mol. The zero-order valence-electron chi connectivity index (χ0n) is 12.8. The van der Waals surface area contributed by atoms with Crippen molar-refractivity contribution in [2.24, 2.45) is 0 Å². The van der Waals surface area contributed by atoms with Crippen LogP contribution >= 0.6 is 23.1 Å². The molecule has 0 bridgehead atoms. The highest BCUT2D eigenvalue weighted by molar-refractivity contribution is 8.18. The Morgan fingerprint density at radius 3 is 2.62 bits per heavy atom. The highest BCUT2D eigenvalue weighted by atomic mass is 32.2. The number of benzene rings is 1. The van der Waals surface area contributed by atoms with Gasteiger partial charge in [-0.25, -0.2) is 0 Å². The molecule has 24 heavy (non-hydrogen) atoms. The quantitative estimate of drug-likeness (QED) is 0.816. The van der Waals surface area contributed by atoms with Gasteiger partial charge in [0.05, 0.1) is 12.0 Å². The van der Waals surface area contributed by atoms with E-state index in [9.17, 15) is 9.59 Å². The molecule has 2 heterocycles. The average molecular weight is 362 g/mol. The van der Waals surface area contributed by atoms with Crippen LogP contribution in [0.1, 0.15) is 10.6 Å². The fourth-order valence-electron chi connectivity index (χ4n) is 2.12. The van der Waals surface area contributed by atoms with E-state index in [-0.39, 0.29) is 17.7 Å². The molecule has 0 spiro atoms. The minimum Gasteiger partial charge on any atom is -0.497 e. The summed E-state index contributed by atoms with van der Waals surface area (Å²) in [4.78, 5) is 26.1. The number of aromatic nitrogens is 2. The van der Waals surface area contributed by atoms with Crippen molar-refractivity contribution >= 4 is 45.5 Å². The lowest BCUT2D eigenvalue weighted by molar-refractivity contribution is -0.122. The van der Waals surface area contributed by atoms with Crippen LogP contribution in [0.4, 0.5) is 9.93 Å². The molecule has 3 rings (SSSR count). The zero-order chi connectivity index (χ0) is 17.1. The number of amides is 2. The predicted molar refractivity (Wildman–Crippen MR) is 93.7 cm³/mol. The molecule has 1 aromatic heterocycles. The third-order valence-corrected chi connectivity index (χ3v) is 5.04. The van der Waals surface area contributed by atoms with Crippen LogP contribution in [0.5, 0.6) is 5.75 Å². The van der Waals surface area contributed by atoms with Crippen LogP contribution in [0, 0.1) is 0 Å². The number of nitrogens with two attached hydrogens (primary N) is 1. The van der Waals surface area contributed by atoms with Crippen LogP contribution in [0.2, 0.25) is 0 Å². The number of ether oxygens (including phenoxy) is 1. The number of rotatable bonds is 5. The van der Waals surface area contributed by atoms with E-state index in [0.29, 0.717) is 21.5 Å². The van der Waals surface area contributed by atoms with Crippen molar-refractivity contribution in [3.05, 3.63) is 39.7 Å². The molecule has 1 aromatic carbocycles. The number of carbonyl (C=O) groups is 2. The number of imide groups is 1. The molecule has 0 radical (unpaired) electrons. The minimum absolute atomic E-state index is 0.263. The second-order valence-corrected chi connectivity index (χ2v) is 6.98. The Labute approximate surface area is 146 Å². The van der Waals surface area contributed by atoms with Crippen LogP contribution in [0.15, 0.2) is 29.2 Å². The molecule has 1 aliphatic rings. The van der Waals surface area contributed by atoms with Gasteiger partial charge in [-0.15, -0.1) is 10.2 Å². The summed E-state index contributed by atoms with van der Waals surface area (Å²) >= 11 is 2.19. The molecule has 2 amide bonds. The molecular formula is C15H14N4O3S2. The van der Waals surface area contributed by atoms with Crippen molar-refractivity contribution in [2.75, 3.05) is 19.4 Å². The van der Waals surface area contributed by atoms with Crippen LogP contribution in [0.25, 0.3) is 6.08 Å². The van der Waals surface area contributed by atoms with Gasteiger partial charge in [0.1, 0.15) is 10.8 Å². The Kier molecular flexibility index (Phi) is 4.81. The highest BCUT2D eigenvalue weighted by Gasteiger charge is 2.34. The summed E-state index contributed by atoms with van der Waals surface area (Å²) in [5, 5.41) is 8.40. The number of thioether (sulfide) groups is 1. The van der Waals surface area contributed by atoms with Crippen molar-refractivity contribution in [2.45, 2.75) is 6.42 Å². The summed E-state index contributed by atoms with van der Waals surface area (Å²) in [5.41, 5.74) is 6.35. The van der Waals surface area contributed by atoms with Gasteiger partial charge >= 0.3 is 0 Å². The number of nitrogens with zero attached hydrogens (tertiary/aromatic N) is 3. The molecule has 9 heteroatoms. The Morgan fingerprint density at radius 2 is 2.00 bits per heavy atom. The second-order valence-electron chi connectivity index (χ2n) is 4.89. The van der Waals surface area contributed by atoms with E-state index in [1.807, 2.05) is 12.1 Å². The molecule has 0 aliphatic carbocycles. The van der Waals surface area contributed by atoms with E-state index in [1.54, 1.807) is 25.3 Å². The van der Waals surface area contributed by atoms with Gasteiger partial charge in [-0.1, -0.05) is 23.5 Å². The van der Waals surface area contributed by atoms with E-state index in [2.05, 4.69) is 10.2 Å². The fourth-order valence-corrected chi connectivity index (χ4v) is 3.58. The lowest BCUT2D eigenvalue weighted by Gasteiger charge is -2.10. The summed E-state index contributed by atoms with van der Waals surface area (Å²) in [6.07, 6.45) is 2.15. The van der Waals surface area contributed by atoms with Crippen molar-refractivity contribution in [3.8, 4) is 5.75 Å². The third-order valence-electron chi connectivity index (χ3n) is 3.32. The number of anilines is 1. The number of hydrogen-bond acceptors (Lipinski definition) is 8. The Bertz CT molecular complexity index is 801. The maximum absolute atomic E-state index is 12.4. The van der Waals surface area contributed by atoms with E-state index in [0.717, 1.165) is 23.1 Å². The molecule has 1 fully saturated rings. The van der Waals surface area contributed by atoms with Crippen LogP contribution in [-0.2, 0) is 11.2 Å². The predicted octanol–water partition coefficient (Wildman–Crippen LogP) is 2.41. The van der Waals surface area contributed by atoms with E-state index >= 15 is 0 Å². The SMILES string of the molecule is COc1ccc(/C=C2/SC(=O)N(CCc3nnc(N)s3)C2=O)cc1. The maximum atomic E-state index is 12.4. The van der Waals surface area contributed by atoms with Gasteiger partial charge in [0.25, 0.3) is 11.1 Å². The van der Waals surface area contributed by atoms with E-state index in [1.165, 1.54) is 16.2 Å². The number of nitrogen functional groups attached to an aromatic ring is 1. The molecule has 1 saturated heterocycles. The molecule has 0 atom stereocenters. The zero-order valence-corrected chi connectivity index (χ0v) is 14.4. The van der Waals surface area contributed by atoms with Crippen molar-refractivity contribution in [3.63, 3.8) is 0 Å². The summed E-state index contributed by atoms with van der Waals surface area (Å²) < 4.78 is 5.10. The molecule has 2 aromatic rings.